The molecule has 0 fully saturated rings. The molecule has 0 saturated carbocycles. The van der Waals surface area contributed by atoms with Gasteiger partial charge in [-0.3, -0.25) is 4.79 Å². The van der Waals surface area contributed by atoms with Crippen molar-refractivity contribution in [2.75, 3.05) is 25.2 Å². The van der Waals surface area contributed by atoms with E-state index in [1.54, 1.807) is 0 Å². The summed E-state index contributed by atoms with van der Waals surface area (Å²) in [6.07, 6.45) is -9.04. The van der Waals surface area contributed by atoms with Crippen molar-refractivity contribution >= 4 is 23.6 Å². The molecule has 1 N–H and O–H groups in total. The quantitative estimate of drug-likeness (QED) is 0.222. The first-order chi connectivity index (χ1) is 20.5. The molecule has 44 heavy (non-hydrogen) atoms. The third-order valence-electron chi connectivity index (χ3n) is 7.15. The van der Waals surface area contributed by atoms with Gasteiger partial charge in [0.05, 0.1) is 17.9 Å². The van der Waals surface area contributed by atoms with Gasteiger partial charge in [0.25, 0.3) is 5.91 Å². The van der Waals surface area contributed by atoms with Crippen molar-refractivity contribution in [3.8, 4) is 17.4 Å². The van der Waals surface area contributed by atoms with Gasteiger partial charge in [-0.15, -0.1) is 0 Å². The van der Waals surface area contributed by atoms with E-state index in [1.807, 2.05) is 0 Å². The predicted molar refractivity (Wildman–Crippen MR) is 146 cm³/mol. The molecule has 0 bridgehead atoms. The van der Waals surface area contributed by atoms with E-state index in [9.17, 15) is 41.0 Å². The summed E-state index contributed by atoms with van der Waals surface area (Å²) in [6.45, 7) is 5.74. The number of amides is 1. The molecular weight excluding hydrogens is 598 g/mol. The molecule has 1 aliphatic rings. The van der Waals surface area contributed by atoms with Crippen molar-refractivity contribution in [3.05, 3.63) is 83.1 Å². The van der Waals surface area contributed by atoms with E-state index < -0.39 is 58.4 Å². The average Bonchev–Trinajstić information content (AvgIpc) is 2.97. The topological polar surface area (TPSA) is 98.2 Å². The lowest BCUT2D eigenvalue weighted by atomic mass is 9.76. The lowest BCUT2D eigenvalue weighted by molar-refractivity contribution is -0.274. The Morgan fingerprint density at radius 3 is 2.45 bits per heavy atom. The number of rotatable bonds is 8. The van der Waals surface area contributed by atoms with Crippen LogP contribution in [-0.2, 0) is 21.3 Å². The monoisotopic (exact) mass is 624 g/mol. The Morgan fingerprint density at radius 2 is 1.84 bits per heavy atom. The van der Waals surface area contributed by atoms with Crippen LogP contribution in [0.5, 0.6) is 17.4 Å². The number of alkyl halides is 6. The number of anilines is 1. The molecule has 2 atom stereocenters. The lowest BCUT2D eigenvalue weighted by Gasteiger charge is -2.38. The molecule has 3 aromatic rings. The molecule has 0 radical (unpaired) electrons. The average molecular weight is 625 g/mol. The van der Waals surface area contributed by atoms with Crippen molar-refractivity contribution in [2.24, 2.45) is 0 Å². The molecule has 1 aliphatic heterocycles. The molecule has 4 rings (SSSR count). The lowest BCUT2D eigenvalue weighted by Crippen LogP contribution is -2.47. The van der Waals surface area contributed by atoms with E-state index in [1.165, 1.54) is 44.3 Å². The number of aromatic nitrogens is 1. The normalized spacial score (nSPS) is 15.5. The van der Waals surface area contributed by atoms with Crippen LogP contribution in [0.4, 0.5) is 32.0 Å². The summed E-state index contributed by atoms with van der Waals surface area (Å²) in [4.78, 5) is 28.6. The van der Waals surface area contributed by atoms with Crippen molar-refractivity contribution in [2.45, 2.75) is 37.7 Å². The standard InChI is InChI=1S/C30H26F6N2O6/c1-5-17-13-19(44-24-12-10-21(27(40)42-6-2)26(37-24)29(31,32)33)8-9-20(17)16(3)28(41,30(34,35)36)18-7-11-23-22(14-18)38(4)25(39)15-43-23/h5,7-14,16,41H,1,6,15H2,2-4H3/t16-,28-/m1/s1. The van der Waals surface area contributed by atoms with E-state index in [4.69, 9.17) is 9.47 Å². The molecule has 0 aliphatic carbocycles. The zero-order chi connectivity index (χ0) is 32.6. The van der Waals surface area contributed by atoms with Gasteiger partial charge in [0.15, 0.2) is 17.9 Å². The summed E-state index contributed by atoms with van der Waals surface area (Å²) < 4.78 is 100. The minimum absolute atomic E-state index is 0.0211. The number of ether oxygens (including phenoxy) is 3. The van der Waals surface area contributed by atoms with Crippen LogP contribution >= 0.6 is 0 Å². The summed E-state index contributed by atoms with van der Waals surface area (Å²) in [5.41, 5.74) is -6.28. The molecule has 1 amide bonds. The van der Waals surface area contributed by atoms with E-state index >= 15 is 0 Å². The number of aliphatic hydroxyl groups is 1. The number of nitrogens with zero attached hydrogens (tertiary/aromatic N) is 2. The minimum atomic E-state index is -5.20. The van der Waals surface area contributed by atoms with E-state index in [0.717, 1.165) is 36.1 Å². The van der Waals surface area contributed by atoms with Crippen LogP contribution in [0, 0.1) is 0 Å². The second-order valence-electron chi connectivity index (χ2n) is 9.77. The summed E-state index contributed by atoms with van der Waals surface area (Å²) in [7, 11) is 1.37. The van der Waals surface area contributed by atoms with Gasteiger partial charge < -0.3 is 24.2 Å². The van der Waals surface area contributed by atoms with Crippen LogP contribution in [0.2, 0.25) is 0 Å². The van der Waals surface area contributed by atoms with Gasteiger partial charge in [-0.1, -0.05) is 31.7 Å². The zero-order valence-corrected chi connectivity index (χ0v) is 23.5. The zero-order valence-electron chi connectivity index (χ0n) is 23.5. The first kappa shape index (κ1) is 32.3. The van der Waals surface area contributed by atoms with Crippen LogP contribution in [0.25, 0.3) is 6.08 Å². The van der Waals surface area contributed by atoms with Gasteiger partial charge in [0.1, 0.15) is 11.5 Å². The number of carbonyl (C=O) groups excluding carboxylic acids is 2. The fourth-order valence-electron chi connectivity index (χ4n) is 4.79. The maximum Gasteiger partial charge on any atom is 0.434 e. The van der Waals surface area contributed by atoms with Crippen molar-refractivity contribution < 1.29 is 55.2 Å². The molecule has 0 saturated heterocycles. The van der Waals surface area contributed by atoms with Crippen molar-refractivity contribution in [1.82, 2.24) is 4.98 Å². The first-order valence-electron chi connectivity index (χ1n) is 13.1. The highest BCUT2D eigenvalue weighted by Crippen LogP contribution is 2.51. The third kappa shape index (κ3) is 5.94. The van der Waals surface area contributed by atoms with Gasteiger partial charge in [-0.2, -0.15) is 26.3 Å². The first-order valence-corrected chi connectivity index (χ1v) is 13.1. The molecular formula is C30H26F6N2O6. The van der Waals surface area contributed by atoms with Crippen molar-refractivity contribution in [3.63, 3.8) is 0 Å². The highest BCUT2D eigenvalue weighted by atomic mass is 19.4. The van der Waals surface area contributed by atoms with Gasteiger partial charge in [-0.25, -0.2) is 9.78 Å². The number of hydrogen-bond donors (Lipinski definition) is 1. The van der Waals surface area contributed by atoms with Gasteiger partial charge in [-0.05, 0) is 53.9 Å². The smallest absolute Gasteiger partial charge is 0.434 e. The van der Waals surface area contributed by atoms with Gasteiger partial charge in [0.2, 0.25) is 5.88 Å². The number of fused-ring (bicyclic) bond motifs is 1. The van der Waals surface area contributed by atoms with Crippen LogP contribution in [0.15, 0.2) is 55.1 Å². The molecule has 0 spiro atoms. The Labute approximate surface area is 247 Å². The molecule has 2 heterocycles. The maximum absolute atomic E-state index is 14.7. The van der Waals surface area contributed by atoms with Crippen LogP contribution in [0.3, 0.4) is 0 Å². The molecule has 2 aromatic carbocycles. The molecule has 14 heteroatoms. The number of esters is 1. The van der Waals surface area contributed by atoms with Crippen LogP contribution in [0.1, 0.15) is 52.5 Å². The van der Waals surface area contributed by atoms with Crippen molar-refractivity contribution in [1.29, 1.82) is 0 Å². The fourth-order valence-corrected chi connectivity index (χ4v) is 4.79. The summed E-state index contributed by atoms with van der Waals surface area (Å²) in [5, 5.41) is 11.3. The highest BCUT2D eigenvalue weighted by Gasteiger charge is 2.59. The number of likely N-dealkylation sites (N-methyl/N-ethyl adjacent to an activating group) is 1. The second-order valence-corrected chi connectivity index (χ2v) is 9.77. The van der Waals surface area contributed by atoms with E-state index in [2.05, 4.69) is 16.3 Å². The van der Waals surface area contributed by atoms with Crippen LogP contribution in [-0.4, -0.2) is 48.4 Å². The fraction of sp³-hybridized carbons (Fsp3) is 0.300. The molecule has 1 aromatic heterocycles. The maximum atomic E-state index is 14.7. The van der Waals surface area contributed by atoms with E-state index in [-0.39, 0.29) is 41.5 Å². The SMILES string of the molecule is C=Cc1cc(Oc2ccc(C(=O)OCC)c(C(F)(F)F)n2)ccc1[C@@H](C)[C@@](O)(c1ccc2c(c1)N(C)C(=O)CO2)C(F)(F)F. The molecule has 8 nitrogen and oxygen atoms in total. The number of pyridine rings is 1. The third-order valence-corrected chi connectivity index (χ3v) is 7.15. The number of hydrogen-bond acceptors (Lipinski definition) is 7. The van der Waals surface area contributed by atoms with Gasteiger partial charge in [0, 0.05) is 19.0 Å². The number of benzene rings is 2. The Balaban J connectivity index is 1.72. The Bertz CT molecular complexity index is 1610. The molecule has 0 unspecified atom stereocenters. The second kappa shape index (κ2) is 11.8. The van der Waals surface area contributed by atoms with Crippen LogP contribution < -0.4 is 14.4 Å². The summed E-state index contributed by atoms with van der Waals surface area (Å²) in [5.74, 6) is -3.88. The highest BCUT2D eigenvalue weighted by molar-refractivity contribution is 5.97. The Hall–Kier alpha value is -4.59. The molecule has 234 valence electrons. The predicted octanol–water partition coefficient (Wildman–Crippen LogP) is 6.62. The van der Waals surface area contributed by atoms with E-state index in [0.29, 0.717) is 0 Å². The summed E-state index contributed by atoms with van der Waals surface area (Å²) >= 11 is 0. The summed E-state index contributed by atoms with van der Waals surface area (Å²) in [6, 6.07) is 8.79. The minimum Gasteiger partial charge on any atom is -0.482 e. The Kier molecular flexibility index (Phi) is 8.69. The number of halogens is 6. The Morgan fingerprint density at radius 1 is 1.14 bits per heavy atom. The largest absolute Gasteiger partial charge is 0.482 e. The van der Waals surface area contributed by atoms with Gasteiger partial charge >= 0.3 is 18.3 Å². The number of carbonyl (C=O) groups is 2.